The minimum absolute atomic E-state index is 0.0137. The predicted molar refractivity (Wildman–Crippen MR) is 87.0 cm³/mol. The zero-order chi connectivity index (χ0) is 18.7. The molecule has 3 heterocycles. The fraction of sp³-hybridized carbons (Fsp3) is 0.600. The second kappa shape index (κ2) is 7.62. The van der Waals surface area contributed by atoms with E-state index in [1.54, 1.807) is 0 Å². The lowest BCUT2D eigenvalue weighted by Gasteiger charge is -2.25. The third kappa shape index (κ3) is 4.33. The SMILES string of the molecule is O=C1CCCC(=O)N1CCS(=O)(=O)N1CC[C@@H](Oc2ncc(F)cn2)C1. The van der Waals surface area contributed by atoms with E-state index in [4.69, 9.17) is 4.74 Å². The molecule has 142 valence electrons. The van der Waals surface area contributed by atoms with Crippen molar-refractivity contribution in [1.29, 1.82) is 0 Å². The van der Waals surface area contributed by atoms with Crippen LogP contribution in [0.5, 0.6) is 6.01 Å². The maximum atomic E-state index is 12.8. The van der Waals surface area contributed by atoms with Gasteiger partial charge in [-0.25, -0.2) is 22.8 Å². The van der Waals surface area contributed by atoms with Gasteiger partial charge < -0.3 is 4.74 Å². The monoisotopic (exact) mass is 386 g/mol. The molecule has 2 aliphatic heterocycles. The van der Waals surface area contributed by atoms with Crippen LogP contribution >= 0.6 is 0 Å². The second-order valence-electron chi connectivity index (χ2n) is 6.18. The fourth-order valence-corrected chi connectivity index (χ4v) is 4.39. The van der Waals surface area contributed by atoms with Crippen LogP contribution in [-0.2, 0) is 19.6 Å². The molecule has 1 aromatic heterocycles. The summed E-state index contributed by atoms with van der Waals surface area (Å²) in [5.74, 6) is -1.56. The number of amides is 2. The van der Waals surface area contributed by atoms with Crippen LogP contribution in [0.25, 0.3) is 0 Å². The first kappa shape index (κ1) is 18.6. The number of imide groups is 1. The number of halogens is 1. The summed E-state index contributed by atoms with van der Waals surface area (Å²) >= 11 is 0. The highest BCUT2D eigenvalue weighted by molar-refractivity contribution is 7.89. The first-order chi connectivity index (χ1) is 12.3. The van der Waals surface area contributed by atoms with Gasteiger partial charge in [-0.3, -0.25) is 14.5 Å². The predicted octanol–water partition coefficient (Wildman–Crippen LogP) is -0.0623. The van der Waals surface area contributed by atoms with Crippen molar-refractivity contribution in [3.63, 3.8) is 0 Å². The molecule has 0 radical (unpaired) electrons. The van der Waals surface area contributed by atoms with Gasteiger partial charge in [0, 0.05) is 25.9 Å². The molecule has 0 spiro atoms. The molecule has 0 unspecified atom stereocenters. The van der Waals surface area contributed by atoms with Crippen LogP contribution in [0, 0.1) is 5.82 Å². The van der Waals surface area contributed by atoms with Crippen LogP contribution < -0.4 is 4.74 Å². The molecule has 1 atom stereocenters. The zero-order valence-corrected chi connectivity index (χ0v) is 14.8. The summed E-state index contributed by atoms with van der Waals surface area (Å²) in [4.78, 5) is 31.9. The Kier molecular flexibility index (Phi) is 5.47. The Hall–Kier alpha value is -2.14. The first-order valence-corrected chi connectivity index (χ1v) is 9.91. The summed E-state index contributed by atoms with van der Waals surface area (Å²) in [6.45, 7) is 0.240. The standard InChI is InChI=1S/C15H19FN4O5S/c16-11-8-17-15(18-9-11)25-12-4-5-19(10-12)26(23,24)7-6-20-13(21)2-1-3-14(20)22/h8-9,12H,1-7,10H2/t12-/m1/s1. The number of hydrogen-bond acceptors (Lipinski definition) is 7. The number of piperidine rings is 1. The highest BCUT2D eigenvalue weighted by atomic mass is 32.2. The average Bonchev–Trinajstić information content (AvgIpc) is 3.06. The zero-order valence-electron chi connectivity index (χ0n) is 14.0. The molecular formula is C15H19FN4O5S. The van der Waals surface area contributed by atoms with Gasteiger partial charge in [0.15, 0.2) is 5.82 Å². The Balaban J connectivity index is 1.54. The summed E-state index contributed by atoms with van der Waals surface area (Å²) in [6.07, 6.45) is 3.00. The second-order valence-corrected chi connectivity index (χ2v) is 8.27. The maximum absolute atomic E-state index is 12.8. The van der Waals surface area contributed by atoms with Crippen molar-refractivity contribution in [1.82, 2.24) is 19.2 Å². The van der Waals surface area contributed by atoms with Crippen LogP contribution in [-0.4, -0.2) is 70.9 Å². The summed E-state index contributed by atoms with van der Waals surface area (Å²) < 4.78 is 44.5. The largest absolute Gasteiger partial charge is 0.459 e. The molecule has 11 heteroatoms. The number of hydrogen-bond donors (Lipinski definition) is 0. The molecule has 3 rings (SSSR count). The van der Waals surface area contributed by atoms with E-state index in [1.165, 1.54) is 4.31 Å². The number of ether oxygens (including phenoxy) is 1. The third-order valence-electron chi connectivity index (χ3n) is 4.33. The Bertz CT molecular complexity index is 770. The summed E-state index contributed by atoms with van der Waals surface area (Å²) in [6, 6.07) is -0.0137. The van der Waals surface area contributed by atoms with E-state index >= 15 is 0 Å². The van der Waals surface area contributed by atoms with E-state index in [9.17, 15) is 22.4 Å². The van der Waals surface area contributed by atoms with Gasteiger partial charge in [0.1, 0.15) is 6.10 Å². The number of likely N-dealkylation sites (tertiary alicyclic amines) is 1. The Morgan fingerprint density at radius 3 is 2.50 bits per heavy atom. The van der Waals surface area contributed by atoms with E-state index in [-0.39, 0.29) is 56.1 Å². The van der Waals surface area contributed by atoms with Gasteiger partial charge in [-0.15, -0.1) is 0 Å². The molecule has 9 nitrogen and oxygen atoms in total. The summed E-state index contributed by atoms with van der Waals surface area (Å²) in [5, 5.41) is 0. The molecule has 2 amide bonds. The van der Waals surface area contributed by atoms with Crippen LogP contribution in [0.4, 0.5) is 4.39 Å². The molecule has 0 aliphatic carbocycles. The highest BCUT2D eigenvalue weighted by Crippen LogP contribution is 2.19. The van der Waals surface area contributed by atoms with Crippen LogP contribution in [0.15, 0.2) is 12.4 Å². The molecule has 2 aliphatic rings. The quantitative estimate of drug-likeness (QED) is 0.630. The molecule has 0 aromatic carbocycles. The van der Waals surface area contributed by atoms with E-state index in [2.05, 4.69) is 9.97 Å². The number of nitrogens with zero attached hydrogens (tertiary/aromatic N) is 4. The van der Waals surface area contributed by atoms with E-state index in [1.807, 2.05) is 0 Å². The fourth-order valence-electron chi connectivity index (χ4n) is 2.94. The van der Waals surface area contributed by atoms with Crippen molar-refractivity contribution >= 4 is 21.8 Å². The smallest absolute Gasteiger partial charge is 0.316 e. The molecule has 26 heavy (non-hydrogen) atoms. The molecule has 2 fully saturated rings. The number of sulfonamides is 1. The maximum Gasteiger partial charge on any atom is 0.316 e. The molecular weight excluding hydrogens is 367 g/mol. The highest BCUT2D eigenvalue weighted by Gasteiger charge is 2.34. The molecule has 0 bridgehead atoms. The average molecular weight is 386 g/mol. The minimum Gasteiger partial charge on any atom is -0.459 e. The number of aromatic nitrogens is 2. The number of carbonyl (C=O) groups excluding carboxylic acids is 2. The van der Waals surface area contributed by atoms with E-state index < -0.39 is 21.9 Å². The number of carbonyl (C=O) groups is 2. The van der Waals surface area contributed by atoms with Gasteiger partial charge in [0.25, 0.3) is 0 Å². The van der Waals surface area contributed by atoms with Crippen molar-refractivity contribution in [3.05, 3.63) is 18.2 Å². The topological polar surface area (TPSA) is 110 Å². The Morgan fingerprint density at radius 2 is 1.85 bits per heavy atom. The van der Waals surface area contributed by atoms with Crippen molar-refractivity contribution in [2.45, 2.75) is 31.8 Å². The van der Waals surface area contributed by atoms with E-state index in [0.29, 0.717) is 12.8 Å². The van der Waals surface area contributed by atoms with Crippen LogP contribution in [0.1, 0.15) is 25.7 Å². The first-order valence-electron chi connectivity index (χ1n) is 8.30. The lowest BCUT2D eigenvalue weighted by Crippen LogP contribution is -2.44. The summed E-state index contributed by atoms with van der Waals surface area (Å²) in [5.41, 5.74) is 0. The van der Waals surface area contributed by atoms with Crippen LogP contribution in [0.2, 0.25) is 0 Å². The summed E-state index contributed by atoms with van der Waals surface area (Å²) in [7, 11) is -3.63. The molecule has 0 N–H and O–H groups in total. The van der Waals surface area contributed by atoms with Crippen molar-refractivity contribution in [3.8, 4) is 6.01 Å². The van der Waals surface area contributed by atoms with Gasteiger partial charge in [-0.1, -0.05) is 0 Å². The molecule has 0 saturated carbocycles. The van der Waals surface area contributed by atoms with Gasteiger partial charge in [0.05, 0.1) is 24.7 Å². The molecule has 1 aromatic rings. The van der Waals surface area contributed by atoms with Crippen molar-refractivity contribution in [2.24, 2.45) is 0 Å². The van der Waals surface area contributed by atoms with Gasteiger partial charge in [-0.05, 0) is 12.8 Å². The van der Waals surface area contributed by atoms with Gasteiger partial charge >= 0.3 is 6.01 Å². The van der Waals surface area contributed by atoms with Crippen molar-refractivity contribution < 1.29 is 27.1 Å². The lowest BCUT2D eigenvalue weighted by atomic mass is 10.1. The Morgan fingerprint density at radius 1 is 1.19 bits per heavy atom. The van der Waals surface area contributed by atoms with Crippen molar-refractivity contribution in [2.75, 3.05) is 25.4 Å². The Labute approximate surface area is 150 Å². The van der Waals surface area contributed by atoms with Crippen LogP contribution in [0.3, 0.4) is 0 Å². The minimum atomic E-state index is -3.63. The lowest BCUT2D eigenvalue weighted by molar-refractivity contribution is -0.147. The third-order valence-corrected chi connectivity index (χ3v) is 6.14. The molecule has 2 saturated heterocycles. The normalized spacial score (nSPS) is 22.0. The number of rotatable bonds is 6. The van der Waals surface area contributed by atoms with Gasteiger partial charge in [0.2, 0.25) is 21.8 Å². The van der Waals surface area contributed by atoms with Gasteiger partial charge in [-0.2, -0.15) is 4.31 Å². The van der Waals surface area contributed by atoms with E-state index in [0.717, 1.165) is 17.3 Å².